The lowest BCUT2D eigenvalue weighted by Crippen LogP contribution is -2.07. The number of thioether (sulfide) groups is 1. The summed E-state index contributed by atoms with van der Waals surface area (Å²) < 4.78 is 6.94. The highest BCUT2D eigenvalue weighted by molar-refractivity contribution is 8.01. The third-order valence-corrected chi connectivity index (χ3v) is 4.19. The molecule has 1 aromatic rings. The van der Waals surface area contributed by atoms with Gasteiger partial charge < -0.3 is 4.74 Å². The lowest BCUT2D eigenvalue weighted by Gasteiger charge is -2.06. The fourth-order valence-electron chi connectivity index (χ4n) is 1.30. The molecule has 1 nitrogen and oxygen atoms in total. The van der Waals surface area contributed by atoms with Crippen LogP contribution >= 0.6 is 23.1 Å². The molecule has 0 amide bonds. The van der Waals surface area contributed by atoms with Gasteiger partial charge in [0.15, 0.2) is 0 Å². The molecule has 0 bridgehead atoms. The molecule has 0 N–H and O–H groups in total. The van der Waals surface area contributed by atoms with E-state index in [0.717, 1.165) is 12.4 Å². The molecule has 1 fully saturated rings. The highest BCUT2D eigenvalue weighted by atomic mass is 32.2. The first-order valence-electron chi connectivity index (χ1n) is 4.23. The third kappa shape index (κ3) is 2.25. The molecule has 1 atom stereocenters. The first-order chi connectivity index (χ1) is 5.95. The van der Waals surface area contributed by atoms with Crippen LogP contribution in [0.5, 0.6) is 0 Å². The Hall–Kier alpha value is 0.01000. The molecule has 2 rings (SSSR count). The maximum Gasteiger partial charge on any atom is 0.0670 e. The number of rotatable bonds is 3. The Morgan fingerprint density at radius 1 is 1.67 bits per heavy atom. The van der Waals surface area contributed by atoms with Crippen LogP contribution in [0.4, 0.5) is 0 Å². The van der Waals surface area contributed by atoms with E-state index in [2.05, 4.69) is 17.5 Å². The smallest absolute Gasteiger partial charge is 0.0670 e. The van der Waals surface area contributed by atoms with Gasteiger partial charge in [-0.15, -0.1) is 23.1 Å². The van der Waals surface area contributed by atoms with Gasteiger partial charge in [0.05, 0.1) is 10.3 Å². The standard InChI is InChI=1S/C9H12OS2/c1-3-8(10-5-1)7-12-9-4-2-6-11-9/h2,4,6,8H,1,3,5,7H2/t8-/m1/s1. The highest BCUT2D eigenvalue weighted by Crippen LogP contribution is 2.26. The first-order valence-corrected chi connectivity index (χ1v) is 6.09. The van der Waals surface area contributed by atoms with E-state index >= 15 is 0 Å². The summed E-state index contributed by atoms with van der Waals surface area (Å²) in [6.07, 6.45) is 3.01. The van der Waals surface area contributed by atoms with Crippen molar-refractivity contribution in [3.8, 4) is 0 Å². The predicted molar refractivity (Wildman–Crippen MR) is 54.0 cm³/mol. The third-order valence-electron chi connectivity index (χ3n) is 1.93. The molecule has 0 aliphatic carbocycles. The van der Waals surface area contributed by atoms with Gasteiger partial charge in [-0.2, -0.15) is 0 Å². The number of hydrogen-bond donors (Lipinski definition) is 0. The van der Waals surface area contributed by atoms with Crippen LogP contribution in [-0.4, -0.2) is 18.5 Å². The SMILES string of the molecule is c1csc(SC[C@H]2CCCO2)c1. The molecule has 1 aromatic heterocycles. The zero-order valence-electron chi connectivity index (χ0n) is 6.86. The molecule has 1 aliphatic rings. The van der Waals surface area contributed by atoms with Crippen molar-refractivity contribution in [2.45, 2.75) is 23.2 Å². The molecule has 12 heavy (non-hydrogen) atoms. The molecule has 0 saturated carbocycles. The summed E-state index contributed by atoms with van der Waals surface area (Å²) in [5, 5.41) is 2.12. The topological polar surface area (TPSA) is 9.23 Å². The Morgan fingerprint density at radius 3 is 3.33 bits per heavy atom. The van der Waals surface area contributed by atoms with E-state index < -0.39 is 0 Å². The summed E-state index contributed by atoms with van der Waals surface area (Å²) in [7, 11) is 0. The van der Waals surface area contributed by atoms with Crippen molar-refractivity contribution < 1.29 is 4.74 Å². The molecule has 1 aliphatic heterocycles. The van der Waals surface area contributed by atoms with E-state index in [-0.39, 0.29) is 0 Å². The summed E-state index contributed by atoms with van der Waals surface area (Å²) in [6, 6.07) is 4.27. The molecule has 3 heteroatoms. The molecule has 1 saturated heterocycles. The second-order valence-corrected chi connectivity index (χ2v) is 5.15. The second-order valence-electron chi connectivity index (χ2n) is 2.88. The average molecular weight is 200 g/mol. The Kier molecular flexibility index (Phi) is 3.08. The molecule has 0 radical (unpaired) electrons. The quantitative estimate of drug-likeness (QED) is 0.694. The summed E-state index contributed by atoms with van der Waals surface area (Å²) in [5.74, 6) is 1.13. The maximum absolute atomic E-state index is 5.54. The lowest BCUT2D eigenvalue weighted by molar-refractivity contribution is 0.129. The van der Waals surface area contributed by atoms with Gasteiger partial charge >= 0.3 is 0 Å². The average Bonchev–Trinajstić information content (AvgIpc) is 2.74. The van der Waals surface area contributed by atoms with Crippen LogP contribution in [0.15, 0.2) is 21.7 Å². The Labute approximate surface area is 81.1 Å². The van der Waals surface area contributed by atoms with Crippen molar-refractivity contribution in [2.75, 3.05) is 12.4 Å². The number of thiophene rings is 1. The molecule has 2 heterocycles. The van der Waals surface area contributed by atoms with Gasteiger partial charge in [-0.25, -0.2) is 0 Å². The first kappa shape index (κ1) is 8.60. The van der Waals surface area contributed by atoms with Gasteiger partial charge in [0, 0.05) is 12.4 Å². The van der Waals surface area contributed by atoms with E-state index in [0.29, 0.717) is 6.10 Å². The van der Waals surface area contributed by atoms with E-state index in [1.807, 2.05) is 23.1 Å². The normalized spacial score (nSPS) is 23.2. The van der Waals surface area contributed by atoms with E-state index in [1.54, 1.807) is 0 Å². The zero-order chi connectivity index (χ0) is 8.23. The van der Waals surface area contributed by atoms with E-state index in [9.17, 15) is 0 Å². The summed E-state index contributed by atoms with van der Waals surface area (Å²) in [6.45, 7) is 0.968. The number of hydrogen-bond acceptors (Lipinski definition) is 3. The van der Waals surface area contributed by atoms with Crippen molar-refractivity contribution in [2.24, 2.45) is 0 Å². The van der Waals surface area contributed by atoms with Gasteiger partial charge in [-0.3, -0.25) is 0 Å². The molecule has 66 valence electrons. The van der Waals surface area contributed by atoms with Crippen molar-refractivity contribution in [3.05, 3.63) is 17.5 Å². The molecule has 0 spiro atoms. The van der Waals surface area contributed by atoms with Crippen molar-refractivity contribution >= 4 is 23.1 Å². The molecular weight excluding hydrogens is 188 g/mol. The largest absolute Gasteiger partial charge is 0.377 e. The lowest BCUT2D eigenvalue weighted by atomic mass is 10.3. The van der Waals surface area contributed by atoms with Crippen LogP contribution in [0.1, 0.15) is 12.8 Å². The van der Waals surface area contributed by atoms with Crippen LogP contribution in [0, 0.1) is 0 Å². The second kappa shape index (κ2) is 4.30. The van der Waals surface area contributed by atoms with Crippen LogP contribution < -0.4 is 0 Å². The van der Waals surface area contributed by atoms with Gasteiger partial charge in [-0.05, 0) is 24.3 Å². The summed E-state index contributed by atoms with van der Waals surface area (Å²) >= 11 is 3.73. The predicted octanol–water partition coefficient (Wildman–Crippen LogP) is 3.02. The van der Waals surface area contributed by atoms with Gasteiger partial charge in [-0.1, -0.05) is 6.07 Å². The Morgan fingerprint density at radius 2 is 2.67 bits per heavy atom. The minimum atomic E-state index is 0.511. The minimum Gasteiger partial charge on any atom is -0.377 e. The maximum atomic E-state index is 5.54. The van der Waals surface area contributed by atoms with Crippen LogP contribution in [0.2, 0.25) is 0 Å². The van der Waals surface area contributed by atoms with E-state index in [4.69, 9.17) is 4.74 Å². The number of ether oxygens (including phenoxy) is 1. The minimum absolute atomic E-state index is 0.511. The van der Waals surface area contributed by atoms with Crippen molar-refractivity contribution in [1.82, 2.24) is 0 Å². The van der Waals surface area contributed by atoms with Gasteiger partial charge in [0.25, 0.3) is 0 Å². The van der Waals surface area contributed by atoms with Gasteiger partial charge in [0.2, 0.25) is 0 Å². The van der Waals surface area contributed by atoms with E-state index in [1.165, 1.54) is 17.1 Å². The summed E-state index contributed by atoms with van der Waals surface area (Å²) in [4.78, 5) is 0. The molecule has 0 aromatic carbocycles. The summed E-state index contributed by atoms with van der Waals surface area (Å²) in [5.41, 5.74) is 0. The van der Waals surface area contributed by atoms with Crippen LogP contribution in [-0.2, 0) is 4.74 Å². The highest BCUT2D eigenvalue weighted by Gasteiger charge is 2.15. The molecular formula is C9H12OS2. The molecule has 0 unspecified atom stereocenters. The van der Waals surface area contributed by atoms with Crippen LogP contribution in [0.25, 0.3) is 0 Å². The zero-order valence-corrected chi connectivity index (χ0v) is 8.50. The van der Waals surface area contributed by atoms with Crippen LogP contribution in [0.3, 0.4) is 0 Å². The van der Waals surface area contributed by atoms with Crippen molar-refractivity contribution in [1.29, 1.82) is 0 Å². The Balaban J connectivity index is 1.74. The van der Waals surface area contributed by atoms with Gasteiger partial charge in [0.1, 0.15) is 0 Å². The van der Waals surface area contributed by atoms with Crippen molar-refractivity contribution in [3.63, 3.8) is 0 Å². The fraction of sp³-hybridized carbons (Fsp3) is 0.556. The monoisotopic (exact) mass is 200 g/mol. The fourth-order valence-corrected chi connectivity index (χ4v) is 3.18. The Bertz CT molecular complexity index is 214.